The zero-order valence-corrected chi connectivity index (χ0v) is 20.1. The van der Waals surface area contributed by atoms with E-state index in [1.807, 2.05) is 25.1 Å². The number of aliphatic imine (C=N–C) groups is 1. The van der Waals surface area contributed by atoms with Crippen molar-refractivity contribution < 1.29 is 9.53 Å². The molecule has 1 aliphatic rings. The van der Waals surface area contributed by atoms with Crippen molar-refractivity contribution in [1.82, 2.24) is 16.0 Å². The lowest BCUT2D eigenvalue weighted by Crippen LogP contribution is -2.40. The van der Waals surface area contributed by atoms with Gasteiger partial charge >= 0.3 is 0 Å². The second-order valence-corrected chi connectivity index (χ2v) is 7.26. The van der Waals surface area contributed by atoms with Crippen LogP contribution in [0.5, 0.6) is 0 Å². The number of hydrogen-bond donors (Lipinski definition) is 3. The lowest BCUT2D eigenvalue weighted by molar-refractivity contribution is -0.121. The molecule has 1 aromatic rings. The number of amides is 1. The topological polar surface area (TPSA) is 74.8 Å². The summed E-state index contributed by atoms with van der Waals surface area (Å²) < 4.78 is 5.88. The van der Waals surface area contributed by atoms with Gasteiger partial charge in [0.25, 0.3) is 0 Å². The van der Waals surface area contributed by atoms with Gasteiger partial charge in [0, 0.05) is 38.7 Å². The minimum atomic E-state index is 0. The van der Waals surface area contributed by atoms with Crippen molar-refractivity contribution in [3.05, 3.63) is 35.9 Å². The van der Waals surface area contributed by atoms with Gasteiger partial charge in [-0.1, -0.05) is 43.2 Å². The highest BCUT2D eigenvalue weighted by Crippen LogP contribution is 2.17. The van der Waals surface area contributed by atoms with E-state index in [0.29, 0.717) is 32.2 Å². The van der Waals surface area contributed by atoms with E-state index in [-0.39, 0.29) is 36.0 Å². The molecule has 1 aliphatic carbocycles. The fourth-order valence-corrected chi connectivity index (χ4v) is 3.34. The molecule has 0 saturated heterocycles. The van der Waals surface area contributed by atoms with Crippen LogP contribution in [0.25, 0.3) is 0 Å². The van der Waals surface area contributed by atoms with E-state index in [1.165, 1.54) is 18.4 Å². The highest BCUT2D eigenvalue weighted by Gasteiger charge is 2.16. The molecule has 29 heavy (non-hydrogen) atoms. The van der Waals surface area contributed by atoms with Crippen LogP contribution in [0.2, 0.25) is 0 Å². The molecule has 1 unspecified atom stereocenters. The molecule has 164 valence electrons. The first-order chi connectivity index (χ1) is 13.7. The van der Waals surface area contributed by atoms with Crippen LogP contribution in [0.1, 0.15) is 64.0 Å². The predicted octanol–water partition coefficient (Wildman–Crippen LogP) is 3.78. The minimum absolute atomic E-state index is 0. The predicted molar refractivity (Wildman–Crippen MR) is 130 cm³/mol. The second kappa shape index (κ2) is 15.5. The van der Waals surface area contributed by atoms with Crippen molar-refractivity contribution in [1.29, 1.82) is 0 Å². The zero-order valence-electron chi connectivity index (χ0n) is 17.8. The molecule has 2 rings (SSSR count). The van der Waals surface area contributed by atoms with Gasteiger partial charge in [-0.05, 0) is 38.7 Å². The van der Waals surface area contributed by atoms with Crippen LogP contribution < -0.4 is 16.0 Å². The summed E-state index contributed by atoms with van der Waals surface area (Å²) in [6, 6.07) is 10.6. The normalized spacial score (nSPS) is 15.4. The molecule has 0 heterocycles. The highest BCUT2D eigenvalue weighted by molar-refractivity contribution is 14.0. The van der Waals surface area contributed by atoms with Gasteiger partial charge in [-0.2, -0.15) is 0 Å². The Morgan fingerprint density at radius 2 is 1.93 bits per heavy atom. The van der Waals surface area contributed by atoms with Gasteiger partial charge in [0.1, 0.15) is 0 Å². The van der Waals surface area contributed by atoms with E-state index in [4.69, 9.17) is 4.74 Å². The van der Waals surface area contributed by atoms with Gasteiger partial charge in [0.2, 0.25) is 5.91 Å². The third kappa shape index (κ3) is 10.8. The lowest BCUT2D eigenvalue weighted by Gasteiger charge is -2.14. The fourth-order valence-electron chi connectivity index (χ4n) is 3.34. The van der Waals surface area contributed by atoms with E-state index in [2.05, 4.69) is 40.0 Å². The van der Waals surface area contributed by atoms with Crippen LogP contribution in [-0.2, 0) is 9.53 Å². The fraction of sp³-hybridized carbons (Fsp3) is 0.636. The first-order valence-electron chi connectivity index (χ1n) is 10.7. The van der Waals surface area contributed by atoms with Gasteiger partial charge < -0.3 is 20.7 Å². The zero-order chi connectivity index (χ0) is 20.0. The number of ether oxygens (including phenoxy) is 1. The van der Waals surface area contributed by atoms with Crippen LogP contribution in [0.3, 0.4) is 0 Å². The summed E-state index contributed by atoms with van der Waals surface area (Å²) in [4.78, 5) is 16.6. The summed E-state index contributed by atoms with van der Waals surface area (Å²) in [6.45, 7) is 6.84. The van der Waals surface area contributed by atoms with Crippen molar-refractivity contribution >= 4 is 35.8 Å². The Kier molecular flexibility index (Phi) is 13.7. The van der Waals surface area contributed by atoms with Crippen molar-refractivity contribution in [2.75, 3.05) is 26.2 Å². The monoisotopic (exact) mass is 516 g/mol. The third-order valence-corrected chi connectivity index (χ3v) is 4.92. The van der Waals surface area contributed by atoms with Crippen LogP contribution in [-0.4, -0.2) is 44.1 Å². The molecular weight excluding hydrogens is 479 g/mol. The number of nitrogens with one attached hydrogen (secondary N) is 3. The Labute approximate surface area is 192 Å². The Morgan fingerprint density at radius 1 is 1.21 bits per heavy atom. The first-order valence-corrected chi connectivity index (χ1v) is 10.7. The lowest BCUT2D eigenvalue weighted by atomic mass is 10.1. The molecule has 0 aliphatic heterocycles. The number of benzene rings is 1. The second-order valence-electron chi connectivity index (χ2n) is 7.26. The van der Waals surface area contributed by atoms with Crippen molar-refractivity contribution in [2.24, 2.45) is 4.99 Å². The smallest absolute Gasteiger partial charge is 0.221 e. The number of hydrogen-bond acceptors (Lipinski definition) is 3. The number of carbonyl (C=O) groups excluding carboxylic acids is 1. The van der Waals surface area contributed by atoms with Gasteiger partial charge in [0.15, 0.2) is 5.96 Å². The Morgan fingerprint density at radius 3 is 2.62 bits per heavy atom. The van der Waals surface area contributed by atoms with E-state index in [9.17, 15) is 4.79 Å². The van der Waals surface area contributed by atoms with Crippen LogP contribution in [0.4, 0.5) is 0 Å². The number of carbonyl (C=O) groups is 1. The van der Waals surface area contributed by atoms with Crippen LogP contribution >= 0.6 is 24.0 Å². The summed E-state index contributed by atoms with van der Waals surface area (Å²) in [5, 5.41) is 9.57. The van der Waals surface area contributed by atoms with Crippen LogP contribution in [0.15, 0.2) is 35.3 Å². The van der Waals surface area contributed by atoms with E-state index in [0.717, 1.165) is 31.8 Å². The van der Waals surface area contributed by atoms with E-state index >= 15 is 0 Å². The highest BCUT2D eigenvalue weighted by atomic mass is 127. The van der Waals surface area contributed by atoms with E-state index in [1.54, 1.807) is 0 Å². The first kappa shape index (κ1) is 25.7. The Balaban J connectivity index is 0.00000420. The molecule has 1 aromatic carbocycles. The summed E-state index contributed by atoms with van der Waals surface area (Å²) in [5.74, 6) is 0.880. The van der Waals surface area contributed by atoms with Crippen molar-refractivity contribution in [3.8, 4) is 0 Å². The molecule has 0 spiro atoms. The molecule has 3 N–H and O–H groups in total. The molecule has 6 nitrogen and oxygen atoms in total. The quantitative estimate of drug-likeness (QED) is 0.181. The van der Waals surface area contributed by atoms with Crippen molar-refractivity contribution in [2.45, 2.75) is 64.5 Å². The molecule has 1 atom stereocenters. The summed E-state index contributed by atoms with van der Waals surface area (Å²) >= 11 is 0. The third-order valence-electron chi connectivity index (χ3n) is 4.92. The average molecular weight is 516 g/mol. The minimum Gasteiger partial charge on any atom is -0.374 e. The molecule has 7 heteroatoms. The molecule has 1 amide bonds. The molecule has 0 aromatic heterocycles. The SMILES string of the molecule is CCNC(=NCCCOC(C)c1ccccc1)NCCC(=O)NC1CCCC1.I. The Bertz CT molecular complexity index is 592. The maximum absolute atomic E-state index is 12.0. The van der Waals surface area contributed by atoms with Crippen molar-refractivity contribution in [3.63, 3.8) is 0 Å². The number of halogens is 1. The number of nitrogens with zero attached hydrogens (tertiary/aromatic N) is 1. The van der Waals surface area contributed by atoms with E-state index < -0.39 is 0 Å². The largest absolute Gasteiger partial charge is 0.374 e. The van der Waals surface area contributed by atoms with Gasteiger partial charge in [0.05, 0.1) is 6.10 Å². The summed E-state index contributed by atoms with van der Waals surface area (Å²) in [6.07, 6.45) is 6.12. The van der Waals surface area contributed by atoms with Gasteiger partial charge in [-0.25, -0.2) is 0 Å². The van der Waals surface area contributed by atoms with Gasteiger partial charge in [-0.3, -0.25) is 9.79 Å². The molecule has 0 radical (unpaired) electrons. The summed E-state index contributed by atoms with van der Waals surface area (Å²) in [7, 11) is 0. The maximum Gasteiger partial charge on any atom is 0.221 e. The molecular formula is C22H37IN4O2. The number of guanidine groups is 1. The summed E-state index contributed by atoms with van der Waals surface area (Å²) in [5.41, 5.74) is 1.19. The molecule has 0 bridgehead atoms. The Hall–Kier alpha value is -1.35. The van der Waals surface area contributed by atoms with Gasteiger partial charge in [-0.15, -0.1) is 24.0 Å². The maximum atomic E-state index is 12.0. The standard InChI is InChI=1S/C22H36N4O2.HI/c1-3-23-22(25-16-14-21(27)26-20-12-7-8-13-20)24-15-9-17-28-18(2)19-10-5-4-6-11-19;/h4-6,10-11,18,20H,3,7-9,12-17H2,1-2H3,(H,26,27)(H2,23,24,25);1H. The number of rotatable bonds is 11. The van der Waals surface area contributed by atoms with Crippen LogP contribution in [0, 0.1) is 0 Å². The molecule has 1 saturated carbocycles. The molecule has 1 fully saturated rings. The average Bonchev–Trinajstić information content (AvgIpc) is 3.21.